The molecule has 0 unspecified atom stereocenters. The van der Waals surface area contributed by atoms with Crippen LogP contribution in [0.15, 0.2) is 53.1 Å². The minimum atomic E-state index is -1.06. The van der Waals surface area contributed by atoms with Crippen molar-refractivity contribution in [2.45, 2.75) is 13.5 Å². The van der Waals surface area contributed by atoms with Crippen molar-refractivity contribution in [1.29, 1.82) is 0 Å². The quantitative estimate of drug-likeness (QED) is 0.545. The molecule has 7 nitrogen and oxygen atoms in total. The molecule has 2 N–H and O–H groups in total. The highest BCUT2D eigenvalue weighted by Gasteiger charge is 2.22. The summed E-state index contributed by atoms with van der Waals surface area (Å²) < 4.78 is 7.11. The Morgan fingerprint density at radius 3 is 2.63 bits per heavy atom. The van der Waals surface area contributed by atoms with Crippen molar-refractivity contribution in [3.05, 3.63) is 65.0 Å². The molecule has 0 atom stereocenters. The number of nitrogens with zero attached hydrogens (tertiary/aromatic N) is 3. The van der Waals surface area contributed by atoms with Crippen molar-refractivity contribution in [1.82, 2.24) is 20.0 Å². The summed E-state index contributed by atoms with van der Waals surface area (Å²) in [5, 5.41) is 16.5. The lowest BCUT2D eigenvalue weighted by molar-refractivity contribution is 0.194. The van der Waals surface area contributed by atoms with Crippen LogP contribution in [0.3, 0.4) is 0 Å². The first-order valence-corrected chi connectivity index (χ1v) is 8.58. The second-order valence-electron chi connectivity index (χ2n) is 5.98. The van der Waals surface area contributed by atoms with Crippen molar-refractivity contribution in [2.75, 3.05) is 0 Å². The zero-order chi connectivity index (χ0) is 19.0. The number of amides is 1. The third-order valence-corrected chi connectivity index (χ3v) is 4.57. The van der Waals surface area contributed by atoms with E-state index in [1.807, 2.05) is 53.1 Å². The molecule has 2 aromatic carbocycles. The van der Waals surface area contributed by atoms with Gasteiger partial charge in [-0.25, -0.2) is 4.79 Å². The van der Waals surface area contributed by atoms with E-state index in [-0.39, 0.29) is 6.54 Å². The number of hydrogen-bond acceptors (Lipinski definition) is 4. The molecule has 0 saturated heterocycles. The van der Waals surface area contributed by atoms with Gasteiger partial charge in [0.1, 0.15) is 5.69 Å². The zero-order valence-corrected chi connectivity index (χ0v) is 15.1. The van der Waals surface area contributed by atoms with E-state index in [2.05, 4.69) is 15.5 Å². The maximum absolute atomic E-state index is 10.7. The lowest BCUT2D eigenvalue weighted by Crippen LogP contribution is -2.19. The van der Waals surface area contributed by atoms with Gasteiger partial charge in [-0.2, -0.15) is 4.98 Å². The maximum atomic E-state index is 10.7. The monoisotopic (exact) mass is 382 g/mol. The molecular weight excluding hydrogens is 368 g/mol. The minimum absolute atomic E-state index is 0.236. The van der Waals surface area contributed by atoms with Crippen molar-refractivity contribution in [3.63, 3.8) is 0 Å². The number of halogens is 1. The summed E-state index contributed by atoms with van der Waals surface area (Å²) in [5.41, 5.74) is 3.26. The standard InChI is InChI=1S/C19H15ClN4O3/c1-11-22-18(23-27-11)17-16(20)14-4-2-3-5-15(14)24(17)13-8-6-12(7-9-13)10-21-19(25)26/h2-9,21H,10H2,1H3,(H,25,26). The average Bonchev–Trinajstić information content (AvgIpc) is 3.22. The van der Waals surface area contributed by atoms with Crippen molar-refractivity contribution in [2.24, 2.45) is 0 Å². The highest BCUT2D eigenvalue weighted by Crippen LogP contribution is 2.38. The Morgan fingerprint density at radius 2 is 1.96 bits per heavy atom. The van der Waals surface area contributed by atoms with Gasteiger partial charge in [0.25, 0.3) is 0 Å². The number of benzene rings is 2. The average molecular weight is 383 g/mol. The molecule has 4 aromatic rings. The lowest BCUT2D eigenvalue weighted by Gasteiger charge is -2.10. The van der Waals surface area contributed by atoms with E-state index in [0.717, 1.165) is 22.2 Å². The van der Waals surface area contributed by atoms with Crippen LogP contribution in [-0.2, 0) is 6.54 Å². The second kappa shape index (κ2) is 6.77. The number of para-hydroxylation sites is 1. The number of aryl methyl sites for hydroxylation is 1. The molecular formula is C19H15ClN4O3. The van der Waals surface area contributed by atoms with Gasteiger partial charge in [-0.15, -0.1) is 0 Å². The molecule has 8 heteroatoms. The van der Waals surface area contributed by atoms with Crippen LogP contribution < -0.4 is 5.32 Å². The summed E-state index contributed by atoms with van der Waals surface area (Å²) in [6.07, 6.45) is -1.06. The molecule has 4 rings (SSSR count). The molecule has 0 fully saturated rings. The van der Waals surface area contributed by atoms with E-state index in [9.17, 15) is 4.79 Å². The third-order valence-electron chi connectivity index (χ3n) is 4.19. The molecule has 0 radical (unpaired) electrons. The van der Waals surface area contributed by atoms with Crippen LogP contribution in [0.25, 0.3) is 28.1 Å². The molecule has 27 heavy (non-hydrogen) atoms. The first-order valence-electron chi connectivity index (χ1n) is 8.20. The van der Waals surface area contributed by atoms with Gasteiger partial charge in [-0.1, -0.05) is 47.1 Å². The van der Waals surface area contributed by atoms with Gasteiger partial charge < -0.3 is 19.5 Å². The molecule has 0 saturated carbocycles. The van der Waals surface area contributed by atoms with Crippen LogP contribution in [-0.4, -0.2) is 25.9 Å². The first-order chi connectivity index (χ1) is 13.0. The second-order valence-corrected chi connectivity index (χ2v) is 6.36. The smallest absolute Gasteiger partial charge is 0.404 e. The number of nitrogens with one attached hydrogen (secondary N) is 1. The summed E-state index contributed by atoms with van der Waals surface area (Å²) in [5.74, 6) is 0.860. The molecule has 0 aliphatic carbocycles. The summed E-state index contributed by atoms with van der Waals surface area (Å²) in [6, 6.07) is 15.3. The number of fused-ring (bicyclic) bond motifs is 1. The topological polar surface area (TPSA) is 93.2 Å². The van der Waals surface area contributed by atoms with Crippen LogP contribution in [0.2, 0.25) is 5.02 Å². The van der Waals surface area contributed by atoms with Gasteiger partial charge in [0.15, 0.2) is 0 Å². The number of carbonyl (C=O) groups is 1. The van der Waals surface area contributed by atoms with Crippen LogP contribution in [0.5, 0.6) is 0 Å². The van der Waals surface area contributed by atoms with Crippen LogP contribution in [0.1, 0.15) is 11.5 Å². The Hall–Kier alpha value is -3.32. The first kappa shape index (κ1) is 17.1. The number of aromatic nitrogens is 3. The Bertz CT molecular complexity index is 1130. The number of carboxylic acid groups (broad SMARTS) is 1. The molecule has 0 aliphatic heterocycles. The minimum Gasteiger partial charge on any atom is -0.465 e. The third kappa shape index (κ3) is 3.13. The number of hydrogen-bond donors (Lipinski definition) is 2. The van der Waals surface area contributed by atoms with E-state index in [4.69, 9.17) is 21.2 Å². The van der Waals surface area contributed by atoms with Crippen molar-refractivity contribution < 1.29 is 14.4 Å². The lowest BCUT2D eigenvalue weighted by atomic mass is 10.2. The molecule has 0 bridgehead atoms. The summed E-state index contributed by atoms with van der Waals surface area (Å²) in [7, 11) is 0. The fourth-order valence-electron chi connectivity index (χ4n) is 3.00. The normalized spacial score (nSPS) is 11.0. The van der Waals surface area contributed by atoms with Gasteiger partial charge in [0.2, 0.25) is 11.7 Å². The van der Waals surface area contributed by atoms with E-state index < -0.39 is 6.09 Å². The SMILES string of the molecule is Cc1nc(-c2c(Cl)c3ccccc3n2-c2ccc(CNC(=O)O)cc2)no1. The maximum Gasteiger partial charge on any atom is 0.404 e. The summed E-state index contributed by atoms with van der Waals surface area (Å²) >= 11 is 6.65. The van der Waals surface area contributed by atoms with Crippen LogP contribution in [0.4, 0.5) is 4.79 Å². The van der Waals surface area contributed by atoms with E-state index in [0.29, 0.717) is 22.4 Å². The Morgan fingerprint density at radius 1 is 1.22 bits per heavy atom. The highest BCUT2D eigenvalue weighted by molar-refractivity contribution is 6.38. The van der Waals surface area contributed by atoms with Crippen LogP contribution in [0, 0.1) is 6.92 Å². The molecule has 2 aromatic heterocycles. The molecule has 0 spiro atoms. The fraction of sp³-hybridized carbons (Fsp3) is 0.105. The van der Waals surface area contributed by atoms with E-state index >= 15 is 0 Å². The fourth-order valence-corrected chi connectivity index (χ4v) is 3.33. The Kier molecular flexibility index (Phi) is 4.29. The molecule has 0 aliphatic rings. The van der Waals surface area contributed by atoms with Gasteiger partial charge in [-0.3, -0.25) is 0 Å². The predicted octanol–water partition coefficient (Wildman–Crippen LogP) is 4.41. The van der Waals surface area contributed by atoms with Crippen molar-refractivity contribution in [3.8, 4) is 17.2 Å². The largest absolute Gasteiger partial charge is 0.465 e. The molecule has 1 amide bonds. The van der Waals surface area contributed by atoms with Crippen molar-refractivity contribution >= 4 is 28.6 Å². The molecule has 136 valence electrons. The van der Waals surface area contributed by atoms with Crippen LogP contribution >= 0.6 is 11.6 Å². The summed E-state index contributed by atoms with van der Waals surface area (Å²) in [4.78, 5) is 15.0. The van der Waals surface area contributed by atoms with E-state index in [1.54, 1.807) is 6.92 Å². The van der Waals surface area contributed by atoms with Gasteiger partial charge in [0.05, 0.1) is 10.5 Å². The molecule has 2 heterocycles. The Balaban J connectivity index is 1.86. The highest BCUT2D eigenvalue weighted by atomic mass is 35.5. The van der Waals surface area contributed by atoms with E-state index in [1.165, 1.54) is 0 Å². The zero-order valence-electron chi connectivity index (χ0n) is 14.3. The Labute approximate surface area is 159 Å². The number of rotatable bonds is 4. The van der Waals surface area contributed by atoms with Gasteiger partial charge >= 0.3 is 6.09 Å². The summed E-state index contributed by atoms with van der Waals surface area (Å²) in [6.45, 7) is 1.96. The predicted molar refractivity (Wildman–Crippen MR) is 101 cm³/mol. The van der Waals surface area contributed by atoms with Gasteiger partial charge in [-0.05, 0) is 23.8 Å². The van der Waals surface area contributed by atoms with Gasteiger partial charge in [0, 0.05) is 24.5 Å².